The summed E-state index contributed by atoms with van der Waals surface area (Å²) in [6, 6.07) is 4.28. The fourth-order valence-corrected chi connectivity index (χ4v) is 6.05. The largest absolute Gasteiger partial charge is 0.465 e. The Kier molecular flexibility index (Phi) is 5.38. The van der Waals surface area contributed by atoms with E-state index >= 15 is 0 Å². The van der Waals surface area contributed by atoms with Crippen molar-refractivity contribution in [2.75, 3.05) is 13.2 Å². The van der Waals surface area contributed by atoms with Gasteiger partial charge in [0.05, 0.1) is 16.4 Å². The van der Waals surface area contributed by atoms with Gasteiger partial charge in [-0.3, -0.25) is 4.79 Å². The molecule has 0 spiro atoms. The number of nitrogens with one attached hydrogen (secondary N) is 1. The van der Waals surface area contributed by atoms with Crippen LogP contribution in [0, 0.1) is 0 Å². The average molecular weight is 402 g/mol. The number of hydrogen-bond donors (Lipinski definition) is 1. The number of ether oxygens (including phenoxy) is 1. The maximum atomic E-state index is 13.0. The molecule has 1 N–H and O–H groups in total. The van der Waals surface area contributed by atoms with E-state index in [0.717, 1.165) is 23.2 Å². The van der Waals surface area contributed by atoms with Gasteiger partial charge in [-0.15, -0.1) is 0 Å². The van der Waals surface area contributed by atoms with Crippen molar-refractivity contribution in [2.24, 2.45) is 0 Å². The molecule has 144 valence electrons. The fourth-order valence-electron chi connectivity index (χ4n) is 2.93. The van der Waals surface area contributed by atoms with Crippen LogP contribution in [-0.2, 0) is 29.6 Å². The van der Waals surface area contributed by atoms with Gasteiger partial charge in [-0.1, -0.05) is 6.07 Å². The summed E-state index contributed by atoms with van der Waals surface area (Å²) in [5.74, 6) is -0.576. The minimum atomic E-state index is -4.01. The number of nitrogens with zero attached hydrogens (tertiary/aromatic N) is 1. The Labute approximate surface area is 153 Å². The van der Waals surface area contributed by atoms with Crippen molar-refractivity contribution < 1.29 is 26.4 Å². The molecule has 1 saturated heterocycles. The van der Waals surface area contributed by atoms with Gasteiger partial charge in [-0.25, -0.2) is 21.6 Å². The minimum absolute atomic E-state index is 0.0768. The number of carbonyl (C=O) groups is 1. The van der Waals surface area contributed by atoms with Gasteiger partial charge in [0.1, 0.15) is 6.04 Å². The van der Waals surface area contributed by atoms with Crippen LogP contribution in [-0.4, -0.2) is 52.3 Å². The lowest BCUT2D eigenvalue weighted by Gasteiger charge is -2.22. The van der Waals surface area contributed by atoms with E-state index in [1.165, 1.54) is 18.2 Å². The highest BCUT2D eigenvalue weighted by Crippen LogP contribution is 2.28. The molecular weight excluding hydrogens is 380 g/mol. The van der Waals surface area contributed by atoms with Gasteiger partial charge in [-0.05, 0) is 50.8 Å². The molecule has 1 saturated carbocycles. The van der Waals surface area contributed by atoms with E-state index in [1.54, 1.807) is 6.92 Å². The molecular formula is C16H22N2O6S2. The first-order chi connectivity index (χ1) is 12.3. The summed E-state index contributed by atoms with van der Waals surface area (Å²) in [6.07, 6.45) is 2.50. The zero-order chi connectivity index (χ0) is 18.9. The smallest absolute Gasteiger partial charge is 0.324 e. The summed E-state index contributed by atoms with van der Waals surface area (Å²) >= 11 is 0. The molecule has 1 atom stereocenters. The minimum Gasteiger partial charge on any atom is -0.465 e. The summed E-state index contributed by atoms with van der Waals surface area (Å²) in [5.41, 5.74) is 0. The molecule has 10 heteroatoms. The van der Waals surface area contributed by atoms with Gasteiger partial charge in [0.15, 0.2) is 0 Å². The lowest BCUT2D eigenvalue weighted by Crippen LogP contribution is -2.41. The van der Waals surface area contributed by atoms with Gasteiger partial charge < -0.3 is 4.74 Å². The van der Waals surface area contributed by atoms with E-state index in [2.05, 4.69) is 4.72 Å². The molecule has 26 heavy (non-hydrogen) atoms. The molecule has 0 bridgehead atoms. The molecule has 2 aliphatic rings. The maximum absolute atomic E-state index is 13.0. The lowest BCUT2D eigenvalue weighted by atomic mass is 10.2. The van der Waals surface area contributed by atoms with Crippen LogP contribution in [0.1, 0.15) is 32.6 Å². The first-order valence-corrected chi connectivity index (χ1v) is 11.5. The van der Waals surface area contributed by atoms with Crippen LogP contribution in [0.25, 0.3) is 0 Å². The zero-order valence-corrected chi connectivity index (χ0v) is 16.1. The molecule has 1 aliphatic heterocycles. The molecule has 3 rings (SSSR count). The second-order valence-electron chi connectivity index (χ2n) is 6.40. The first kappa shape index (κ1) is 19.3. The molecule has 2 fully saturated rings. The molecule has 0 radical (unpaired) electrons. The van der Waals surface area contributed by atoms with Gasteiger partial charge in [-0.2, -0.15) is 4.31 Å². The van der Waals surface area contributed by atoms with Crippen molar-refractivity contribution in [3.8, 4) is 0 Å². The third-order valence-corrected chi connectivity index (χ3v) is 7.81. The quantitative estimate of drug-likeness (QED) is 0.677. The molecule has 1 unspecified atom stereocenters. The molecule has 1 heterocycles. The topological polar surface area (TPSA) is 110 Å². The van der Waals surface area contributed by atoms with Crippen LogP contribution in [0.5, 0.6) is 0 Å². The third kappa shape index (κ3) is 3.93. The lowest BCUT2D eigenvalue weighted by molar-refractivity contribution is -0.146. The van der Waals surface area contributed by atoms with Crippen LogP contribution in [0.3, 0.4) is 0 Å². The van der Waals surface area contributed by atoms with E-state index < -0.39 is 32.1 Å². The molecule has 1 aromatic rings. The van der Waals surface area contributed by atoms with Crippen molar-refractivity contribution in [3.05, 3.63) is 24.3 Å². The van der Waals surface area contributed by atoms with Crippen molar-refractivity contribution in [3.63, 3.8) is 0 Å². The van der Waals surface area contributed by atoms with Gasteiger partial charge in [0, 0.05) is 12.6 Å². The highest BCUT2D eigenvalue weighted by molar-refractivity contribution is 7.90. The fraction of sp³-hybridized carbons (Fsp3) is 0.562. The van der Waals surface area contributed by atoms with Crippen LogP contribution in [0.2, 0.25) is 0 Å². The summed E-state index contributed by atoms with van der Waals surface area (Å²) in [6.45, 7) is 2.03. The van der Waals surface area contributed by atoms with E-state index in [4.69, 9.17) is 4.74 Å². The standard InChI is InChI=1S/C16H22N2O6S2/c1-2-24-16(19)15-7-4-10-18(15)26(22,23)14-6-3-5-13(11-14)25(20,21)17-12-8-9-12/h3,5-6,11-12,15,17H,2,4,7-10H2,1H3. The van der Waals surface area contributed by atoms with Crippen LogP contribution < -0.4 is 4.72 Å². The third-order valence-electron chi connectivity index (χ3n) is 4.38. The van der Waals surface area contributed by atoms with Gasteiger partial charge >= 0.3 is 5.97 Å². The monoisotopic (exact) mass is 402 g/mol. The summed E-state index contributed by atoms with van der Waals surface area (Å²) < 4.78 is 59.2. The molecule has 8 nitrogen and oxygen atoms in total. The Morgan fingerprint density at radius 1 is 1.19 bits per heavy atom. The number of benzene rings is 1. The highest BCUT2D eigenvalue weighted by Gasteiger charge is 2.40. The Hall–Kier alpha value is -1.49. The van der Waals surface area contributed by atoms with E-state index in [9.17, 15) is 21.6 Å². The van der Waals surface area contributed by atoms with E-state index in [-0.39, 0.29) is 29.0 Å². The molecule has 1 aliphatic carbocycles. The highest BCUT2D eigenvalue weighted by atomic mass is 32.2. The number of esters is 1. The second-order valence-corrected chi connectivity index (χ2v) is 10.0. The SMILES string of the molecule is CCOC(=O)C1CCCN1S(=O)(=O)c1cccc(S(=O)(=O)NC2CC2)c1. The number of rotatable bonds is 7. The van der Waals surface area contributed by atoms with Gasteiger partial charge in [0.2, 0.25) is 20.0 Å². The summed E-state index contributed by atoms with van der Waals surface area (Å²) in [7, 11) is -7.77. The predicted octanol–water partition coefficient (Wildman–Crippen LogP) is 0.844. The average Bonchev–Trinajstić information content (AvgIpc) is 3.25. The van der Waals surface area contributed by atoms with Crippen molar-refractivity contribution in [1.29, 1.82) is 0 Å². The Morgan fingerprint density at radius 2 is 1.88 bits per heavy atom. The van der Waals surface area contributed by atoms with Crippen molar-refractivity contribution >= 4 is 26.0 Å². The Bertz CT molecular complexity index is 893. The molecule has 1 aromatic carbocycles. The maximum Gasteiger partial charge on any atom is 0.324 e. The summed E-state index contributed by atoms with van der Waals surface area (Å²) in [5, 5.41) is 0. The van der Waals surface area contributed by atoms with E-state index in [1.807, 2.05) is 0 Å². The van der Waals surface area contributed by atoms with Crippen molar-refractivity contribution in [1.82, 2.24) is 9.03 Å². The Balaban J connectivity index is 1.89. The summed E-state index contributed by atoms with van der Waals surface area (Å²) in [4.78, 5) is 11.8. The van der Waals surface area contributed by atoms with Crippen LogP contribution in [0.15, 0.2) is 34.1 Å². The second kappa shape index (κ2) is 7.26. The van der Waals surface area contributed by atoms with E-state index in [0.29, 0.717) is 12.8 Å². The predicted molar refractivity (Wildman–Crippen MR) is 93.3 cm³/mol. The van der Waals surface area contributed by atoms with Crippen molar-refractivity contribution in [2.45, 2.75) is 54.5 Å². The number of carbonyl (C=O) groups excluding carboxylic acids is 1. The molecule has 0 amide bonds. The zero-order valence-electron chi connectivity index (χ0n) is 14.4. The number of sulfonamides is 2. The first-order valence-electron chi connectivity index (χ1n) is 8.56. The Morgan fingerprint density at radius 3 is 2.54 bits per heavy atom. The number of hydrogen-bond acceptors (Lipinski definition) is 6. The van der Waals surface area contributed by atoms with Crippen LogP contribution in [0.4, 0.5) is 0 Å². The van der Waals surface area contributed by atoms with Crippen LogP contribution >= 0.6 is 0 Å². The molecule has 0 aromatic heterocycles. The normalized spacial score (nSPS) is 21.7. The van der Waals surface area contributed by atoms with Gasteiger partial charge in [0.25, 0.3) is 0 Å².